The Bertz CT molecular complexity index is 703. The molecule has 0 fully saturated rings. The van der Waals surface area contributed by atoms with Crippen LogP contribution in [0.3, 0.4) is 0 Å². The van der Waals surface area contributed by atoms with E-state index >= 15 is 0 Å². The molecule has 1 heterocycles. The number of halogens is 1. The molecule has 0 unspecified atom stereocenters. The first-order chi connectivity index (χ1) is 8.72. The topological polar surface area (TPSA) is 43.8 Å². The molecule has 1 aromatic heterocycles. The number of hydrogen-bond acceptors (Lipinski definition) is 2. The van der Waals surface area contributed by atoms with Gasteiger partial charge in [0.05, 0.1) is 17.4 Å². The SMILES string of the molecule is Nc1ccc2c(c1)ncn2Cc1cccc(Cl)c1. The fourth-order valence-electron chi connectivity index (χ4n) is 2.04. The van der Waals surface area contributed by atoms with E-state index in [0.29, 0.717) is 0 Å². The van der Waals surface area contributed by atoms with Crippen LogP contribution in [-0.4, -0.2) is 9.55 Å². The van der Waals surface area contributed by atoms with Crippen LogP contribution < -0.4 is 5.73 Å². The molecule has 3 rings (SSSR count). The summed E-state index contributed by atoms with van der Waals surface area (Å²) in [6.45, 7) is 0.751. The summed E-state index contributed by atoms with van der Waals surface area (Å²) in [5.41, 5.74) is 9.61. The highest BCUT2D eigenvalue weighted by Crippen LogP contribution is 2.18. The molecule has 0 spiro atoms. The summed E-state index contributed by atoms with van der Waals surface area (Å²) in [5.74, 6) is 0. The van der Waals surface area contributed by atoms with Crippen LogP contribution in [0.2, 0.25) is 5.02 Å². The summed E-state index contributed by atoms with van der Waals surface area (Å²) >= 11 is 5.98. The van der Waals surface area contributed by atoms with E-state index in [1.165, 1.54) is 0 Å². The van der Waals surface area contributed by atoms with Crippen LogP contribution in [0.1, 0.15) is 5.56 Å². The summed E-state index contributed by atoms with van der Waals surface area (Å²) < 4.78 is 2.08. The third kappa shape index (κ3) is 2.05. The Morgan fingerprint density at radius 1 is 1.17 bits per heavy atom. The Kier molecular flexibility index (Phi) is 2.68. The standard InChI is InChI=1S/C14H12ClN3/c15-11-3-1-2-10(6-11)8-18-9-17-13-7-12(16)4-5-14(13)18/h1-7,9H,8,16H2. The molecular formula is C14H12ClN3. The predicted octanol–water partition coefficient (Wildman–Crippen LogP) is 3.32. The van der Waals surface area contributed by atoms with Crippen molar-refractivity contribution in [1.82, 2.24) is 9.55 Å². The molecule has 3 aromatic rings. The average molecular weight is 258 g/mol. The fraction of sp³-hybridized carbons (Fsp3) is 0.0714. The van der Waals surface area contributed by atoms with E-state index in [1.54, 1.807) is 0 Å². The van der Waals surface area contributed by atoms with E-state index < -0.39 is 0 Å². The zero-order valence-electron chi connectivity index (χ0n) is 9.68. The smallest absolute Gasteiger partial charge is 0.0961 e. The Hall–Kier alpha value is -2.00. The van der Waals surface area contributed by atoms with Crippen molar-refractivity contribution >= 4 is 28.3 Å². The number of benzene rings is 2. The number of rotatable bonds is 2. The summed E-state index contributed by atoms with van der Waals surface area (Å²) in [6.07, 6.45) is 1.82. The number of anilines is 1. The van der Waals surface area contributed by atoms with Crippen molar-refractivity contribution in [3.8, 4) is 0 Å². The van der Waals surface area contributed by atoms with Gasteiger partial charge < -0.3 is 10.3 Å². The maximum atomic E-state index is 5.98. The molecule has 3 nitrogen and oxygen atoms in total. The zero-order chi connectivity index (χ0) is 12.5. The number of fused-ring (bicyclic) bond motifs is 1. The molecular weight excluding hydrogens is 246 g/mol. The van der Waals surface area contributed by atoms with Gasteiger partial charge in [-0.2, -0.15) is 0 Å². The second-order valence-corrected chi connectivity index (χ2v) is 4.69. The number of imidazole rings is 1. The lowest BCUT2D eigenvalue weighted by atomic mass is 10.2. The van der Waals surface area contributed by atoms with Gasteiger partial charge >= 0.3 is 0 Å². The Balaban J connectivity index is 2.00. The molecule has 0 aliphatic carbocycles. The monoisotopic (exact) mass is 257 g/mol. The molecule has 18 heavy (non-hydrogen) atoms. The van der Waals surface area contributed by atoms with E-state index in [0.717, 1.165) is 33.9 Å². The first-order valence-corrected chi connectivity index (χ1v) is 6.05. The molecule has 90 valence electrons. The molecule has 2 aromatic carbocycles. The largest absolute Gasteiger partial charge is 0.399 e. The average Bonchev–Trinajstić information content (AvgIpc) is 2.72. The quantitative estimate of drug-likeness (QED) is 0.716. The summed E-state index contributed by atoms with van der Waals surface area (Å²) in [4.78, 5) is 4.35. The molecule has 0 amide bonds. The maximum Gasteiger partial charge on any atom is 0.0961 e. The first-order valence-electron chi connectivity index (χ1n) is 5.67. The zero-order valence-corrected chi connectivity index (χ0v) is 10.4. The fourth-order valence-corrected chi connectivity index (χ4v) is 2.25. The van der Waals surface area contributed by atoms with Gasteiger partial charge in [0.25, 0.3) is 0 Å². The lowest BCUT2D eigenvalue weighted by Crippen LogP contribution is -1.97. The Labute approximate surface area is 110 Å². The van der Waals surface area contributed by atoms with Crippen LogP contribution in [0.5, 0.6) is 0 Å². The Morgan fingerprint density at radius 3 is 2.89 bits per heavy atom. The highest BCUT2D eigenvalue weighted by atomic mass is 35.5. The third-order valence-corrected chi connectivity index (χ3v) is 3.12. The van der Waals surface area contributed by atoms with E-state index in [2.05, 4.69) is 15.6 Å². The van der Waals surface area contributed by atoms with Gasteiger partial charge in [-0.15, -0.1) is 0 Å². The number of hydrogen-bond donors (Lipinski definition) is 1. The van der Waals surface area contributed by atoms with Gasteiger partial charge in [0.2, 0.25) is 0 Å². The second-order valence-electron chi connectivity index (χ2n) is 4.25. The van der Waals surface area contributed by atoms with Crippen LogP contribution in [-0.2, 0) is 6.54 Å². The van der Waals surface area contributed by atoms with E-state index in [-0.39, 0.29) is 0 Å². The summed E-state index contributed by atoms with van der Waals surface area (Å²) in [5, 5.41) is 0.751. The maximum absolute atomic E-state index is 5.98. The minimum atomic E-state index is 0.732. The van der Waals surface area contributed by atoms with Crippen LogP contribution in [0.25, 0.3) is 11.0 Å². The molecule has 2 N–H and O–H groups in total. The number of nitrogen functional groups attached to an aromatic ring is 1. The number of aromatic nitrogens is 2. The molecule has 0 saturated carbocycles. The lowest BCUT2D eigenvalue weighted by Gasteiger charge is -2.05. The molecule has 0 aliphatic heterocycles. The molecule has 0 radical (unpaired) electrons. The van der Waals surface area contributed by atoms with Gasteiger partial charge in [-0.1, -0.05) is 23.7 Å². The van der Waals surface area contributed by atoms with Gasteiger partial charge in [0.1, 0.15) is 0 Å². The summed E-state index contributed by atoms with van der Waals surface area (Å²) in [7, 11) is 0. The van der Waals surface area contributed by atoms with Crippen LogP contribution >= 0.6 is 11.6 Å². The number of nitrogens with two attached hydrogens (primary N) is 1. The van der Waals surface area contributed by atoms with E-state index in [1.807, 2.05) is 42.7 Å². The van der Waals surface area contributed by atoms with Gasteiger partial charge in [0, 0.05) is 17.3 Å². The van der Waals surface area contributed by atoms with E-state index in [9.17, 15) is 0 Å². The van der Waals surface area contributed by atoms with Crippen molar-refractivity contribution in [2.45, 2.75) is 6.54 Å². The highest BCUT2D eigenvalue weighted by Gasteiger charge is 2.03. The first kappa shape index (κ1) is 11.1. The van der Waals surface area contributed by atoms with Crippen LogP contribution in [0, 0.1) is 0 Å². The number of nitrogens with zero attached hydrogens (tertiary/aromatic N) is 2. The van der Waals surface area contributed by atoms with Crippen LogP contribution in [0.4, 0.5) is 5.69 Å². The normalized spacial score (nSPS) is 10.9. The van der Waals surface area contributed by atoms with Gasteiger partial charge in [-0.05, 0) is 35.9 Å². The van der Waals surface area contributed by atoms with Crippen molar-refractivity contribution in [2.24, 2.45) is 0 Å². The van der Waals surface area contributed by atoms with Crippen LogP contribution in [0.15, 0.2) is 48.8 Å². The van der Waals surface area contributed by atoms with Crippen molar-refractivity contribution in [1.29, 1.82) is 0 Å². The summed E-state index contributed by atoms with van der Waals surface area (Å²) in [6, 6.07) is 13.6. The molecule has 0 aliphatic rings. The van der Waals surface area contributed by atoms with Gasteiger partial charge in [-0.3, -0.25) is 0 Å². The van der Waals surface area contributed by atoms with Gasteiger partial charge in [-0.25, -0.2) is 4.98 Å². The van der Waals surface area contributed by atoms with Crippen molar-refractivity contribution < 1.29 is 0 Å². The molecule has 0 saturated heterocycles. The lowest BCUT2D eigenvalue weighted by molar-refractivity contribution is 0.824. The van der Waals surface area contributed by atoms with Crippen molar-refractivity contribution in [2.75, 3.05) is 5.73 Å². The minimum Gasteiger partial charge on any atom is -0.399 e. The second kappa shape index (κ2) is 4.35. The Morgan fingerprint density at radius 2 is 2.06 bits per heavy atom. The highest BCUT2D eigenvalue weighted by molar-refractivity contribution is 6.30. The molecule has 0 atom stereocenters. The van der Waals surface area contributed by atoms with Crippen molar-refractivity contribution in [3.63, 3.8) is 0 Å². The predicted molar refractivity (Wildman–Crippen MR) is 74.7 cm³/mol. The van der Waals surface area contributed by atoms with Gasteiger partial charge in [0.15, 0.2) is 0 Å². The minimum absolute atomic E-state index is 0.732. The van der Waals surface area contributed by atoms with E-state index in [4.69, 9.17) is 17.3 Å². The third-order valence-electron chi connectivity index (χ3n) is 2.89. The molecule has 0 bridgehead atoms. The van der Waals surface area contributed by atoms with Crippen molar-refractivity contribution in [3.05, 3.63) is 59.4 Å². The molecule has 4 heteroatoms.